The highest BCUT2D eigenvalue weighted by Gasteiger charge is 2.46. The number of esters is 1. The Balaban J connectivity index is 1.85. The average Bonchev–Trinajstić information content (AvgIpc) is 3.45. The summed E-state index contributed by atoms with van der Waals surface area (Å²) in [4.78, 5) is 44.6. The van der Waals surface area contributed by atoms with Crippen molar-refractivity contribution in [3.05, 3.63) is 80.4 Å². The van der Waals surface area contributed by atoms with Crippen molar-refractivity contribution < 1.29 is 28.6 Å². The molecule has 0 radical (unpaired) electrons. The smallest absolute Gasteiger partial charge is 0.350 e. The number of thiazole rings is 1. The second kappa shape index (κ2) is 8.84. The number of Topliss-reactive ketones (excluding diaryl/α,β-unsaturated/α-hetero) is 1. The van der Waals surface area contributed by atoms with Crippen molar-refractivity contribution in [3.63, 3.8) is 0 Å². The Kier molecular flexibility index (Phi) is 6.09. The van der Waals surface area contributed by atoms with Crippen LogP contribution in [0.2, 0.25) is 5.02 Å². The van der Waals surface area contributed by atoms with Gasteiger partial charge in [-0.3, -0.25) is 14.5 Å². The maximum Gasteiger partial charge on any atom is 0.350 e. The number of benzene rings is 1. The molecule has 1 atom stereocenters. The Bertz CT molecular complexity index is 1290. The summed E-state index contributed by atoms with van der Waals surface area (Å²) in [6.07, 6.45) is 0. The number of carbonyl (C=O) groups is 3. The summed E-state index contributed by atoms with van der Waals surface area (Å²) < 4.78 is 10.5. The number of halogens is 1. The van der Waals surface area contributed by atoms with Gasteiger partial charge in [0, 0.05) is 5.02 Å². The van der Waals surface area contributed by atoms with Gasteiger partial charge in [0.05, 0.1) is 23.9 Å². The van der Waals surface area contributed by atoms with E-state index in [1.54, 1.807) is 51.1 Å². The third kappa shape index (κ3) is 4.05. The van der Waals surface area contributed by atoms with Crippen LogP contribution in [-0.2, 0) is 9.53 Å². The van der Waals surface area contributed by atoms with Crippen molar-refractivity contribution in [1.82, 2.24) is 4.98 Å². The van der Waals surface area contributed by atoms with Crippen molar-refractivity contribution in [2.24, 2.45) is 0 Å². The monoisotopic (exact) mass is 486 g/mol. The van der Waals surface area contributed by atoms with E-state index in [1.807, 2.05) is 0 Å². The van der Waals surface area contributed by atoms with E-state index in [0.29, 0.717) is 22.0 Å². The number of aromatic nitrogens is 1. The van der Waals surface area contributed by atoms with Crippen LogP contribution in [0.1, 0.15) is 50.2 Å². The molecule has 3 aromatic rings. The molecule has 1 aromatic carbocycles. The highest BCUT2D eigenvalue weighted by atomic mass is 35.5. The van der Waals surface area contributed by atoms with Crippen LogP contribution in [0.25, 0.3) is 0 Å². The lowest BCUT2D eigenvalue weighted by Crippen LogP contribution is -2.31. The van der Waals surface area contributed by atoms with Gasteiger partial charge in [0.2, 0.25) is 5.78 Å². The molecule has 3 heterocycles. The number of aliphatic hydroxyl groups is 1. The minimum absolute atomic E-state index is 0.00908. The van der Waals surface area contributed by atoms with E-state index in [2.05, 4.69) is 4.98 Å². The standard InChI is InChI=1S/C23H19ClN2O6S/c1-4-31-22(30)20-12(3)25-23(33-20)26-17(13-6-8-14(24)9-7-13)16(19(28)21(26)29)18(27)15-10-5-11(2)32-15/h5-10,17,28H,4H2,1-3H3/t17-/m0/s1. The van der Waals surface area contributed by atoms with Gasteiger partial charge in [-0.1, -0.05) is 35.1 Å². The number of aryl methyl sites for hydroxylation is 2. The zero-order chi connectivity index (χ0) is 23.9. The summed E-state index contributed by atoms with van der Waals surface area (Å²) in [6.45, 7) is 5.18. The van der Waals surface area contributed by atoms with E-state index in [0.717, 1.165) is 11.3 Å². The highest BCUT2D eigenvalue weighted by molar-refractivity contribution is 7.17. The summed E-state index contributed by atoms with van der Waals surface area (Å²) in [5.74, 6) is -2.21. The first-order valence-electron chi connectivity index (χ1n) is 10.0. The minimum Gasteiger partial charge on any atom is -0.503 e. The molecule has 0 bridgehead atoms. The molecule has 0 aliphatic carbocycles. The lowest BCUT2D eigenvalue weighted by atomic mass is 9.95. The largest absolute Gasteiger partial charge is 0.503 e. The Labute approximate surface area is 198 Å². The van der Waals surface area contributed by atoms with Gasteiger partial charge in [0.1, 0.15) is 10.6 Å². The van der Waals surface area contributed by atoms with E-state index >= 15 is 0 Å². The lowest BCUT2D eigenvalue weighted by Gasteiger charge is -2.24. The van der Waals surface area contributed by atoms with Gasteiger partial charge in [-0.2, -0.15) is 0 Å². The molecule has 1 amide bonds. The van der Waals surface area contributed by atoms with E-state index in [-0.39, 0.29) is 27.9 Å². The second-order valence-corrected chi connectivity index (χ2v) is 8.68. The van der Waals surface area contributed by atoms with Crippen LogP contribution in [-0.4, -0.2) is 34.4 Å². The SMILES string of the molecule is CCOC(=O)c1sc(N2C(=O)C(O)=C(C(=O)c3ccc(C)o3)[C@@H]2c2ccc(Cl)cc2)nc1C. The number of amides is 1. The summed E-state index contributed by atoms with van der Waals surface area (Å²) in [7, 11) is 0. The molecule has 1 aliphatic rings. The molecule has 10 heteroatoms. The first-order valence-corrected chi connectivity index (χ1v) is 11.2. The fraction of sp³-hybridized carbons (Fsp3) is 0.217. The summed E-state index contributed by atoms with van der Waals surface area (Å²) in [6, 6.07) is 8.63. The molecule has 170 valence electrons. The molecule has 0 fully saturated rings. The minimum atomic E-state index is -1.01. The number of rotatable bonds is 6. The number of anilines is 1. The fourth-order valence-corrected chi connectivity index (χ4v) is 4.67. The quantitative estimate of drug-likeness (QED) is 0.387. The average molecular weight is 487 g/mol. The predicted octanol–water partition coefficient (Wildman–Crippen LogP) is 4.97. The van der Waals surface area contributed by atoms with Gasteiger partial charge in [-0.15, -0.1) is 0 Å². The van der Waals surface area contributed by atoms with Gasteiger partial charge < -0.3 is 14.3 Å². The third-order valence-electron chi connectivity index (χ3n) is 5.05. The van der Waals surface area contributed by atoms with Crippen LogP contribution >= 0.6 is 22.9 Å². The molecule has 0 saturated carbocycles. The topological polar surface area (TPSA) is 110 Å². The van der Waals surface area contributed by atoms with Crippen molar-refractivity contribution in [3.8, 4) is 0 Å². The Morgan fingerprint density at radius 2 is 1.91 bits per heavy atom. The van der Waals surface area contributed by atoms with Gasteiger partial charge >= 0.3 is 5.97 Å². The van der Waals surface area contributed by atoms with Crippen LogP contribution in [0.4, 0.5) is 5.13 Å². The molecule has 8 nitrogen and oxygen atoms in total. The van der Waals surface area contributed by atoms with Crippen LogP contribution < -0.4 is 4.90 Å². The fourth-order valence-electron chi connectivity index (χ4n) is 3.56. The number of hydrogen-bond donors (Lipinski definition) is 1. The van der Waals surface area contributed by atoms with Crippen molar-refractivity contribution in [1.29, 1.82) is 0 Å². The summed E-state index contributed by atoms with van der Waals surface area (Å²) in [5.41, 5.74) is 0.744. The van der Waals surface area contributed by atoms with Crippen molar-refractivity contribution in [2.45, 2.75) is 26.8 Å². The second-order valence-electron chi connectivity index (χ2n) is 7.26. The molecule has 0 spiro atoms. The Morgan fingerprint density at radius 3 is 2.52 bits per heavy atom. The maximum absolute atomic E-state index is 13.3. The molecule has 1 N–H and O–H groups in total. The van der Waals surface area contributed by atoms with Crippen LogP contribution in [0.5, 0.6) is 0 Å². The summed E-state index contributed by atoms with van der Waals surface area (Å²) >= 11 is 6.98. The van der Waals surface area contributed by atoms with Gasteiger partial charge in [0.15, 0.2) is 16.7 Å². The predicted molar refractivity (Wildman–Crippen MR) is 122 cm³/mol. The van der Waals surface area contributed by atoms with E-state index < -0.39 is 29.5 Å². The number of hydrogen-bond acceptors (Lipinski definition) is 8. The molecule has 1 aliphatic heterocycles. The zero-order valence-corrected chi connectivity index (χ0v) is 19.5. The Hall–Kier alpha value is -3.43. The number of aliphatic hydroxyl groups excluding tert-OH is 1. The molecule has 33 heavy (non-hydrogen) atoms. The third-order valence-corrected chi connectivity index (χ3v) is 6.44. The van der Waals surface area contributed by atoms with Crippen molar-refractivity contribution >= 4 is 45.7 Å². The maximum atomic E-state index is 13.3. The zero-order valence-electron chi connectivity index (χ0n) is 17.9. The van der Waals surface area contributed by atoms with Crippen molar-refractivity contribution in [2.75, 3.05) is 11.5 Å². The number of nitrogens with zero attached hydrogens (tertiary/aromatic N) is 2. The number of ketones is 1. The molecular weight excluding hydrogens is 468 g/mol. The van der Waals surface area contributed by atoms with Gasteiger partial charge in [0.25, 0.3) is 5.91 Å². The molecule has 0 saturated heterocycles. The number of carbonyl (C=O) groups excluding carboxylic acids is 3. The lowest BCUT2D eigenvalue weighted by molar-refractivity contribution is -0.117. The number of ether oxygens (including phenoxy) is 1. The van der Waals surface area contributed by atoms with E-state index in [1.165, 1.54) is 11.0 Å². The van der Waals surface area contributed by atoms with E-state index in [9.17, 15) is 19.5 Å². The van der Waals surface area contributed by atoms with E-state index in [4.69, 9.17) is 20.8 Å². The number of furan rings is 1. The first-order chi connectivity index (χ1) is 15.7. The highest BCUT2D eigenvalue weighted by Crippen LogP contribution is 2.44. The molecule has 4 rings (SSSR count). The first kappa shape index (κ1) is 22.8. The van der Waals surface area contributed by atoms with Gasteiger partial charge in [-0.05, 0) is 50.6 Å². The van der Waals surface area contributed by atoms with Crippen LogP contribution in [0, 0.1) is 13.8 Å². The Morgan fingerprint density at radius 1 is 1.21 bits per heavy atom. The molecule has 2 aromatic heterocycles. The van der Waals surface area contributed by atoms with Crippen LogP contribution in [0.15, 0.2) is 52.1 Å². The normalized spacial score (nSPS) is 15.9. The summed E-state index contributed by atoms with van der Waals surface area (Å²) in [5, 5.41) is 11.4. The molecular formula is C23H19ClN2O6S. The van der Waals surface area contributed by atoms with Gasteiger partial charge in [-0.25, -0.2) is 9.78 Å². The van der Waals surface area contributed by atoms with Crippen LogP contribution in [0.3, 0.4) is 0 Å². The molecule has 0 unspecified atom stereocenters.